The van der Waals surface area contributed by atoms with Crippen molar-refractivity contribution in [1.82, 2.24) is 9.88 Å². The third-order valence-corrected chi connectivity index (χ3v) is 6.67. The molecule has 0 spiro atoms. The first-order chi connectivity index (χ1) is 14.0. The Morgan fingerprint density at radius 1 is 1.41 bits per heavy atom. The first-order valence-electron chi connectivity index (χ1n) is 8.74. The van der Waals surface area contributed by atoms with Crippen molar-refractivity contribution in [2.75, 3.05) is 32.1 Å². The zero-order valence-electron chi connectivity index (χ0n) is 15.4. The fourth-order valence-electron chi connectivity index (χ4n) is 2.56. The summed E-state index contributed by atoms with van der Waals surface area (Å²) in [5.41, 5.74) is 0.339. The van der Waals surface area contributed by atoms with Crippen molar-refractivity contribution in [3.63, 3.8) is 0 Å². The van der Waals surface area contributed by atoms with Crippen LogP contribution in [0.4, 0.5) is 0 Å². The molecule has 1 aromatic heterocycles. The van der Waals surface area contributed by atoms with Crippen LogP contribution in [0.3, 0.4) is 0 Å². The average molecular weight is 493 g/mol. The van der Waals surface area contributed by atoms with E-state index in [1.54, 1.807) is 42.3 Å². The summed E-state index contributed by atoms with van der Waals surface area (Å²) in [6, 6.07) is 5.07. The molecule has 1 aliphatic heterocycles. The predicted octanol–water partition coefficient (Wildman–Crippen LogP) is 4.78. The van der Waals surface area contributed by atoms with E-state index in [0.29, 0.717) is 53.0 Å². The Labute approximate surface area is 192 Å². The predicted molar refractivity (Wildman–Crippen MR) is 120 cm³/mol. The third kappa shape index (κ3) is 6.36. The van der Waals surface area contributed by atoms with Gasteiger partial charge < -0.3 is 19.1 Å². The van der Waals surface area contributed by atoms with Crippen LogP contribution in [-0.2, 0) is 9.47 Å². The van der Waals surface area contributed by atoms with E-state index in [-0.39, 0.29) is 6.04 Å². The summed E-state index contributed by atoms with van der Waals surface area (Å²) in [5.74, 6) is 0.936. The molecule has 11 heteroatoms. The van der Waals surface area contributed by atoms with Gasteiger partial charge in [0.05, 0.1) is 6.61 Å². The maximum atomic E-state index is 11.7. The number of thiocarbonyl (C=S) groups is 1. The molecule has 1 fully saturated rings. The molecule has 1 aliphatic rings. The first kappa shape index (κ1) is 22.4. The van der Waals surface area contributed by atoms with Gasteiger partial charge in [0.25, 0.3) is 5.17 Å². The topological polar surface area (TPSA) is 60.9 Å². The van der Waals surface area contributed by atoms with Crippen molar-refractivity contribution in [3.8, 4) is 5.75 Å². The maximum Gasteiger partial charge on any atom is 0.357 e. The molecule has 1 saturated heterocycles. The molecule has 3 rings (SSSR count). The van der Waals surface area contributed by atoms with E-state index in [1.807, 2.05) is 4.90 Å². The van der Waals surface area contributed by atoms with Gasteiger partial charge in [-0.25, -0.2) is 9.78 Å². The number of thioether (sulfide) groups is 1. The largest absolute Gasteiger partial charge is 0.491 e. The van der Waals surface area contributed by atoms with Crippen molar-refractivity contribution in [3.05, 3.63) is 39.3 Å². The second kappa shape index (κ2) is 10.7. The molecule has 0 radical (unpaired) electrons. The number of carbonyl (C=O) groups excluding carboxylic acids is 1. The van der Waals surface area contributed by atoms with Gasteiger partial charge in [0.1, 0.15) is 25.0 Å². The summed E-state index contributed by atoms with van der Waals surface area (Å²) in [6.07, 6.45) is 0. The molecule has 2 heterocycles. The van der Waals surface area contributed by atoms with E-state index >= 15 is 0 Å². The highest BCUT2D eigenvalue weighted by Gasteiger charge is 2.30. The van der Waals surface area contributed by atoms with Crippen molar-refractivity contribution in [1.29, 1.82) is 0 Å². The molecule has 2 aromatic rings. The number of hydrogen-bond acceptors (Lipinski definition) is 8. The van der Waals surface area contributed by atoms with Crippen LogP contribution < -0.4 is 4.74 Å². The Bertz CT molecular complexity index is 860. The number of nitrogens with zero attached hydrogens (tertiary/aromatic N) is 2. The van der Waals surface area contributed by atoms with Crippen LogP contribution >= 0.6 is 58.5 Å². The van der Waals surface area contributed by atoms with Crippen LogP contribution in [0.15, 0.2) is 27.9 Å². The summed E-state index contributed by atoms with van der Waals surface area (Å²) in [6.45, 7) is 3.62. The van der Waals surface area contributed by atoms with Crippen molar-refractivity contribution in [2.24, 2.45) is 0 Å². The van der Waals surface area contributed by atoms with Crippen molar-refractivity contribution >= 4 is 69.7 Å². The highest BCUT2D eigenvalue weighted by Crippen LogP contribution is 2.26. The molecule has 29 heavy (non-hydrogen) atoms. The Kier molecular flexibility index (Phi) is 8.25. The smallest absolute Gasteiger partial charge is 0.357 e. The molecule has 1 atom stereocenters. The summed E-state index contributed by atoms with van der Waals surface area (Å²) in [7, 11) is 0. The minimum atomic E-state index is -0.400. The Balaban J connectivity index is 1.50. The van der Waals surface area contributed by atoms with Crippen LogP contribution in [0.25, 0.3) is 0 Å². The molecule has 1 aromatic carbocycles. The number of thiazole rings is 1. The number of esters is 1. The molecular formula is C18H18Cl2N2O4S3. The summed E-state index contributed by atoms with van der Waals surface area (Å²) < 4.78 is 17.1. The number of benzene rings is 1. The van der Waals surface area contributed by atoms with Gasteiger partial charge in [-0.1, -0.05) is 35.0 Å². The number of aromatic nitrogens is 1. The third-order valence-electron chi connectivity index (χ3n) is 3.88. The van der Waals surface area contributed by atoms with Gasteiger partial charge in [0.15, 0.2) is 10.0 Å². The van der Waals surface area contributed by atoms with Crippen LogP contribution in [0.5, 0.6) is 5.75 Å². The molecule has 0 aliphatic carbocycles. The number of hydrogen-bond donors (Lipinski definition) is 0. The van der Waals surface area contributed by atoms with E-state index in [1.165, 1.54) is 11.3 Å². The number of carbonyl (C=O) groups is 1. The molecule has 6 nitrogen and oxygen atoms in total. The molecule has 0 bridgehead atoms. The summed E-state index contributed by atoms with van der Waals surface area (Å²) in [4.78, 5) is 18.0. The van der Waals surface area contributed by atoms with Crippen LogP contribution in [0, 0.1) is 0 Å². The van der Waals surface area contributed by atoms with Gasteiger partial charge in [0.2, 0.25) is 0 Å². The fraction of sp³-hybridized carbons (Fsp3) is 0.389. The lowest BCUT2D eigenvalue weighted by molar-refractivity contribution is 0.0520. The average Bonchev–Trinajstić information content (AvgIpc) is 3.27. The van der Waals surface area contributed by atoms with Crippen molar-refractivity contribution in [2.45, 2.75) is 17.3 Å². The summed E-state index contributed by atoms with van der Waals surface area (Å²) >= 11 is 20.3. The monoisotopic (exact) mass is 492 g/mol. The number of ether oxygens (including phenoxy) is 3. The minimum absolute atomic E-state index is 0.00718. The molecule has 156 valence electrons. The van der Waals surface area contributed by atoms with E-state index < -0.39 is 5.97 Å². The molecular weight excluding hydrogens is 475 g/mol. The lowest BCUT2D eigenvalue weighted by Crippen LogP contribution is -2.39. The fourth-order valence-corrected chi connectivity index (χ4v) is 5.18. The SMILES string of the molecule is CCOC(=O)c1csc(SCCN2C(=S)OC[C@@H]2COc2cc(Cl)cc(Cl)c2)n1. The van der Waals surface area contributed by atoms with E-state index in [9.17, 15) is 4.79 Å². The highest BCUT2D eigenvalue weighted by molar-refractivity contribution is 8.01. The lowest BCUT2D eigenvalue weighted by Gasteiger charge is -2.22. The Morgan fingerprint density at radius 3 is 2.90 bits per heavy atom. The quantitative estimate of drug-likeness (QED) is 0.281. The van der Waals surface area contributed by atoms with Gasteiger partial charge in [0, 0.05) is 27.7 Å². The Morgan fingerprint density at radius 2 is 2.17 bits per heavy atom. The molecule has 0 unspecified atom stereocenters. The van der Waals surface area contributed by atoms with Gasteiger partial charge in [-0.3, -0.25) is 0 Å². The van der Waals surface area contributed by atoms with Gasteiger partial charge in [-0.15, -0.1) is 11.3 Å². The number of halogens is 2. The summed E-state index contributed by atoms with van der Waals surface area (Å²) in [5, 5.41) is 3.19. The normalized spacial score (nSPS) is 16.0. The second-order valence-electron chi connectivity index (χ2n) is 5.91. The molecule has 0 N–H and O–H groups in total. The van der Waals surface area contributed by atoms with E-state index in [2.05, 4.69) is 4.98 Å². The second-order valence-corrected chi connectivity index (χ2v) is 9.33. The zero-order chi connectivity index (χ0) is 20.8. The Hall–Kier alpha value is -1.26. The zero-order valence-corrected chi connectivity index (χ0v) is 19.4. The number of rotatable bonds is 9. The standard InChI is InChI=1S/C18H18Cl2N2O4S3/c1-2-24-16(23)15-10-29-17(21-15)28-4-3-22-13(9-26-18(22)27)8-25-14-6-11(19)5-12(20)7-14/h5-7,10,13H,2-4,8-9H2,1H3/t13-/m0/s1. The van der Waals surface area contributed by atoms with E-state index in [4.69, 9.17) is 49.6 Å². The van der Waals surface area contributed by atoms with Gasteiger partial charge in [-0.2, -0.15) is 0 Å². The first-order valence-corrected chi connectivity index (χ1v) is 11.8. The molecule has 0 amide bonds. The highest BCUT2D eigenvalue weighted by atomic mass is 35.5. The minimum Gasteiger partial charge on any atom is -0.491 e. The molecule has 0 saturated carbocycles. The van der Waals surface area contributed by atoms with E-state index in [0.717, 1.165) is 10.1 Å². The van der Waals surface area contributed by atoms with Crippen LogP contribution in [0.1, 0.15) is 17.4 Å². The van der Waals surface area contributed by atoms with Crippen LogP contribution in [-0.4, -0.2) is 59.2 Å². The van der Waals surface area contributed by atoms with Crippen LogP contribution in [0.2, 0.25) is 10.0 Å². The van der Waals surface area contributed by atoms with Gasteiger partial charge in [-0.05, 0) is 37.3 Å². The van der Waals surface area contributed by atoms with Crippen molar-refractivity contribution < 1.29 is 19.0 Å². The lowest BCUT2D eigenvalue weighted by atomic mass is 10.3. The maximum absolute atomic E-state index is 11.7. The van der Waals surface area contributed by atoms with Gasteiger partial charge >= 0.3 is 5.97 Å².